The van der Waals surface area contributed by atoms with Gasteiger partial charge in [0.25, 0.3) is 0 Å². The van der Waals surface area contributed by atoms with Gasteiger partial charge in [-0.3, -0.25) is 14.9 Å². The van der Waals surface area contributed by atoms with Crippen LogP contribution in [0.4, 0.5) is 0 Å². The molecule has 0 aromatic carbocycles. The molecule has 10 atom stereocenters. The Bertz CT molecular complexity index is 991. The molecule has 6 aliphatic rings. The average Bonchev–Trinajstić information content (AvgIpc) is 3.50. The fourth-order valence-electron chi connectivity index (χ4n) is 9.39. The monoisotopic (exact) mass is 646 g/mol. The molecule has 0 spiro atoms. The molecule has 5 N–H and O–H groups in total. The van der Waals surface area contributed by atoms with Gasteiger partial charge in [0.2, 0.25) is 11.8 Å². The molecule has 2 amide bonds. The molecule has 11 heteroatoms. The van der Waals surface area contributed by atoms with Crippen LogP contribution in [0.2, 0.25) is 0 Å². The van der Waals surface area contributed by atoms with Crippen LogP contribution in [0.5, 0.6) is 0 Å². The van der Waals surface area contributed by atoms with E-state index in [9.17, 15) is 14.7 Å². The van der Waals surface area contributed by atoms with Crippen molar-refractivity contribution in [2.24, 2.45) is 17.8 Å². The summed E-state index contributed by atoms with van der Waals surface area (Å²) in [4.78, 5) is 30.0. The van der Waals surface area contributed by atoms with Crippen molar-refractivity contribution in [3.63, 3.8) is 0 Å². The van der Waals surface area contributed by atoms with Crippen LogP contribution in [-0.2, 0) is 19.1 Å². The highest BCUT2D eigenvalue weighted by molar-refractivity contribution is 5.79. The van der Waals surface area contributed by atoms with E-state index in [1.165, 1.54) is 19.3 Å². The Labute approximate surface area is 276 Å². The molecule has 2 aliphatic carbocycles. The zero-order valence-corrected chi connectivity index (χ0v) is 28.5. The lowest BCUT2D eigenvalue weighted by molar-refractivity contribution is -0.130. The average molecular weight is 647 g/mol. The summed E-state index contributed by atoms with van der Waals surface area (Å²) >= 11 is 0. The summed E-state index contributed by atoms with van der Waals surface area (Å²) in [5.41, 5.74) is 0. The summed E-state index contributed by atoms with van der Waals surface area (Å²) < 4.78 is 12.0. The van der Waals surface area contributed by atoms with Crippen LogP contribution in [0.25, 0.3) is 0 Å². The third-order valence-corrected chi connectivity index (χ3v) is 12.4. The number of ether oxygens (including phenoxy) is 2. The molecule has 46 heavy (non-hydrogen) atoms. The molecule has 4 saturated heterocycles. The first-order valence-electron chi connectivity index (χ1n) is 18.7. The van der Waals surface area contributed by atoms with E-state index in [1.807, 2.05) is 4.90 Å². The molecule has 4 heterocycles. The second-order valence-electron chi connectivity index (χ2n) is 15.5. The molecule has 11 nitrogen and oxygen atoms in total. The quantitative estimate of drug-likeness (QED) is 0.241. The van der Waals surface area contributed by atoms with Crippen molar-refractivity contribution < 1.29 is 24.2 Å². The molecule has 2 saturated carbocycles. The van der Waals surface area contributed by atoms with Crippen molar-refractivity contribution in [2.75, 3.05) is 52.6 Å². The van der Waals surface area contributed by atoms with Gasteiger partial charge >= 0.3 is 0 Å². The Morgan fingerprint density at radius 1 is 0.935 bits per heavy atom. The number of carbonyl (C=O) groups excluding carboxylic acids is 2. The molecular weight excluding hydrogens is 584 g/mol. The minimum absolute atomic E-state index is 0.0144. The number of nitrogens with one attached hydrogen (secondary N) is 4. The van der Waals surface area contributed by atoms with Gasteiger partial charge in [-0.15, -0.1) is 0 Å². The smallest absolute Gasteiger partial charge is 0.223 e. The molecule has 0 bridgehead atoms. The van der Waals surface area contributed by atoms with Gasteiger partial charge in [-0.1, -0.05) is 6.42 Å². The van der Waals surface area contributed by atoms with Gasteiger partial charge in [0.1, 0.15) is 0 Å². The number of hydrogen-bond donors (Lipinski definition) is 5. The minimum atomic E-state index is -0.589. The van der Waals surface area contributed by atoms with E-state index in [-0.39, 0.29) is 36.0 Å². The predicted molar refractivity (Wildman–Crippen MR) is 177 cm³/mol. The highest BCUT2D eigenvalue weighted by Crippen LogP contribution is 2.38. The second-order valence-corrected chi connectivity index (χ2v) is 15.5. The predicted octanol–water partition coefficient (Wildman–Crippen LogP) is 1.59. The number of carbonyl (C=O) groups is 2. The van der Waals surface area contributed by atoms with Gasteiger partial charge in [-0.05, 0) is 109 Å². The van der Waals surface area contributed by atoms with Crippen molar-refractivity contribution in [1.82, 2.24) is 31.1 Å². The first-order chi connectivity index (χ1) is 22.3. The van der Waals surface area contributed by atoms with E-state index in [0.29, 0.717) is 55.9 Å². The lowest BCUT2D eigenvalue weighted by Crippen LogP contribution is -2.56. The summed E-state index contributed by atoms with van der Waals surface area (Å²) in [6, 6.07) is 1.48. The van der Waals surface area contributed by atoms with Crippen LogP contribution in [0.1, 0.15) is 90.9 Å². The van der Waals surface area contributed by atoms with E-state index in [0.717, 1.165) is 90.5 Å². The van der Waals surface area contributed by atoms with E-state index >= 15 is 0 Å². The normalized spacial score (nSPS) is 38.7. The summed E-state index contributed by atoms with van der Waals surface area (Å²) in [5.74, 6) is 1.39. The topological polar surface area (TPSA) is 127 Å². The molecule has 0 radical (unpaired) electrons. The Balaban J connectivity index is 0.955. The Morgan fingerprint density at radius 2 is 1.74 bits per heavy atom. The number of fused-ring (bicyclic) bond motifs is 1. The number of likely N-dealkylation sites (tertiary alicyclic amines) is 2. The first kappa shape index (κ1) is 34.5. The Kier molecular flexibility index (Phi) is 12.3. The van der Waals surface area contributed by atoms with Crippen LogP contribution >= 0.6 is 0 Å². The van der Waals surface area contributed by atoms with Crippen molar-refractivity contribution in [3.8, 4) is 0 Å². The van der Waals surface area contributed by atoms with E-state index in [1.54, 1.807) is 6.92 Å². The summed E-state index contributed by atoms with van der Waals surface area (Å²) in [7, 11) is 0. The Hall–Kier alpha value is -1.34. The highest BCUT2D eigenvalue weighted by atomic mass is 16.5. The van der Waals surface area contributed by atoms with E-state index in [2.05, 4.69) is 33.1 Å². The first-order valence-corrected chi connectivity index (χ1v) is 18.7. The maximum Gasteiger partial charge on any atom is 0.223 e. The number of amides is 2. The van der Waals surface area contributed by atoms with Crippen molar-refractivity contribution in [1.29, 1.82) is 0 Å². The Morgan fingerprint density at radius 3 is 2.48 bits per heavy atom. The summed E-state index contributed by atoms with van der Waals surface area (Å²) in [5, 5.41) is 25.3. The van der Waals surface area contributed by atoms with Gasteiger partial charge in [-0.2, -0.15) is 0 Å². The third-order valence-electron chi connectivity index (χ3n) is 12.4. The fourth-order valence-corrected chi connectivity index (χ4v) is 9.39. The van der Waals surface area contributed by atoms with Crippen LogP contribution in [0, 0.1) is 17.8 Å². The third kappa shape index (κ3) is 9.01. The largest absolute Gasteiger partial charge is 0.390 e. The number of aliphatic hydroxyl groups is 1. The molecule has 8 unspecified atom stereocenters. The molecule has 262 valence electrons. The van der Waals surface area contributed by atoms with Gasteiger partial charge in [0, 0.05) is 62.7 Å². The maximum absolute atomic E-state index is 13.7. The van der Waals surface area contributed by atoms with Crippen LogP contribution in [0.3, 0.4) is 0 Å². The SMILES string of the molecule is CC(=O)N1CCC(NC2CC(C(=O)NC[C@@H](O)[C@@H]3CC4CCC(OCC5OCNC5C)CC4CN3)CC(N3CCCCC3)C2)CC1. The number of hydrogen-bond acceptors (Lipinski definition) is 9. The lowest BCUT2D eigenvalue weighted by Gasteiger charge is -2.44. The molecule has 4 aliphatic heterocycles. The maximum atomic E-state index is 13.7. The van der Waals surface area contributed by atoms with Crippen molar-refractivity contribution in [3.05, 3.63) is 0 Å². The molecule has 0 aromatic rings. The van der Waals surface area contributed by atoms with Crippen LogP contribution in [-0.4, -0.2) is 128 Å². The summed E-state index contributed by atoms with van der Waals surface area (Å²) in [6.07, 6.45) is 12.6. The molecule has 0 aromatic heterocycles. The van der Waals surface area contributed by atoms with Crippen LogP contribution < -0.4 is 21.3 Å². The standard InChI is InChI=1S/C35H62N6O5/c1-23-34(46-22-38-23)21-45-31-7-6-25-17-32(36-19-27(25)16-31)33(43)20-37-35(44)26-14-29(18-30(15-26)41-10-4-3-5-11-41)39-28-8-12-40(13-9-28)24(2)42/h23,25-34,36,38-39,43H,3-22H2,1-2H3,(H,37,44)/t23?,25?,26?,27?,29?,30?,31?,32-,33+,34?/m0/s1. The second kappa shape index (κ2) is 16.4. The number of rotatable bonds is 10. The molecular formula is C35H62N6O5. The number of piperidine rings is 3. The minimum Gasteiger partial charge on any atom is -0.390 e. The van der Waals surface area contributed by atoms with Crippen molar-refractivity contribution >= 4 is 11.8 Å². The molecule has 6 rings (SSSR count). The lowest BCUT2D eigenvalue weighted by atomic mass is 9.72. The zero-order chi connectivity index (χ0) is 32.0. The highest BCUT2D eigenvalue weighted by Gasteiger charge is 2.40. The van der Waals surface area contributed by atoms with Gasteiger partial charge in [0.15, 0.2) is 0 Å². The van der Waals surface area contributed by atoms with Crippen LogP contribution in [0.15, 0.2) is 0 Å². The summed E-state index contributed by atoms with van der Waals surface area (Å²) in [6.45, 7) is 10.2. The van der Waals surface area contributed by atoms with E-state index in [4.69, 9.17) is 9.47 Å². The van der Waals surface area contributed by atoms with Gasteiger partial charge in [-0.25, -0.2) is 0 Å². The van der Waals surface area contributed by atoms with Gasteiger partial charge in [0.05, 0.1) is 31.6 Å². The van der Waals surface area contributed by atoms with Gasteiger partial charge < -0.3 is 40.3 Å². The number of nitrogens with zero attached hydrogens (tertiary/aromatic N) is 2. The number of aliphatic hydroxyl groups excluding tert-OH is 1. The van der Waals surface area contributed by atoms with Crippen molar-refractivity contribution in [2.45, 2.75) is 139 Å². The zero-order valence-electron chi connectivity index (χ0n) is 28.5. The molecule has 6 fully saturated rings. The fraction of sp³-hybridized carbons (Fsp3) is 0.943. The van der Waals surface area contributed by atoms with E-state index < -0.39 is 6.10 Å².